The molecule has 1 aromatic carbocycles. The van der Waals surface area contributed by atoms with Gasteiger partial charge in [-0.1, -0.05) is 6.07 Å². The van der Waals surface area contributed by atoms with E-state index in [4.69, 9.17) is 9.84 Å². The fourth-order valence-corrected chi connectivity index (χ4v) is 5.01. The van der Waals surface area contributed by atoms with E-state index in [1.807, 2.05) is 4.90 Å². The van der Waals surface area contributed by atoms with Gasteiger partial charge in [0.05, 0.1) is 12.2 Å². The predicted molar refractivity (Wildman–Crippen MR) is 119 cm³/mol. The number of hydrogen-bond donors (Lipinski definition) is 1. The van der Waals surface area contributed by atoms with E-state index < -0.39 is 47.8 Å². The van der Waals surface area contributed by atoms with Crippen molar-refractivity contribution in [2.45, 2.75) is 75.2 Å². The van der Waals surface area contributed by atoms with E-state index in [0.29, 0.717) is 24.9 Å². The standard InChI is InChI=1S/C24H27F9N2O5/c25-22(26,27)16-5-4-15(17(13-16)39-12-1-3-18(36)37)14-35-9-2-6-21(35)7-10-34(11-8-21)20(38)40-19(23(28,29)30)24(31,32)33/h4-5,13,19H,1-3,6-12,14H2,(H,36,37). The number of rotatable bonds is 8. The van der Waals surface area contributed by atoms with Crippen LogP contribution in [0, 0.1) is 0 Å². The highest BCUT2D eigenvalue weighted by Gasteiger charge is 2.60. The molecular formula is C24H27F9N2O5. The molecule has 0 radical (unpaired) electrons. The molecule has 2 aliphatic heterocycles. The fourth-order valence-electron chi connectivity index (χ4n) is 5.01. The highest BCUT2D eigenvalue weighted by atomic mass is 19.4. The molecular weight excluding hydrogens is 567 g/mol. The predicted octanol–water partition coefficient (Wildman–Crippen LogP) is 6.01. The summed E-state index contributed by atoms with van der Waals surface area (Å²) in [6.45, 7) is 0.140. The van der Waals surface area contributed by atoms with Crippen molar-refractivity contribution >= 4 is 12.1 Å². The molecule has 2 aliphatic rings. The Hall–Kier alpha value is -2.91. The minimum absolute atomic E-state index is 0.0636. The minimum Gasteiger partial charge on any atom is -0.493 e. The molecule has 2 saturated heterocycles. The van der Waals surface area contributed by atoms with Crippen molar-refractivity contribution < 1.29 is 63.7 Å². The molecule has 1 N–H and O–H groups in total. The highest BCUT2D eigenvalue weighted by molar-refractivity contribution is 5.68. The molecule has 16 heteroatoms. The van der Waals surface area contributed by atoms with Crippen LogP contribution >= 0.6 is 0 Å². The first-order valence-corrected chi connectivity index (χ1v) is 12.3. The molecule has 2 heterocycles. The quantitative estimate of drug-likeness (QED) is 0.294. The van der Waals surface area contributed by atoms with Crippen LogP contribution in [0.25, 0.3) is 0 Å². The molecule has 1 aromatic rings. The van der Waals surface area contributed by atoms with Crippen molar-refractivity contribution in [1.29, 1.82) is 0 Å². The second-order valence-electron chi connectivity index (χ2n) is 9.75. The van der Waals surface area contributed by atoms with Crippen molar-refractivity contribution in [3.8, 4) is 5.75 Å². The third-order valence-electron chi connectivity index (χ3n) is 7.05. The molecule has 0 atom stereocenters. The Kier molecular flexibility index (Phi) is 9.41. The molecule has 0 bridgehead atoms. The normalized spacial score (nSPS) is 18.4. The fraction of sp³-hybridized carbons (Fsp3) is 0.667. The topological polar surface area (TPSA) is 79.3 Å². The lowest BCUT2D eigenvalue weighted by atomic mass is 9.85. The zero-order valence-corrected chi connectivity index (χ0v) is 21.0. The van der Waals surface area contributed by atoms with Crippen LogP contribution in [-0.4, -0.2) is 77.2 Å². The number of nitrogens with zero attached hydrogens (tertiary/aromatic N) is 2. The summed E-state index contributed by atoms with van der Waals surface area (Å²) in [5.41, 5.74) is -1.15. The van der Waals surface area contributed by atoms with E-state index >= 15 is 0 Å². The maximum atomic E-state index is 13.3. The summed E-state index contributed by atoms with van der Waals surface area (Å²) in [5.74, 6) is -1.16. The number of halogens is 9. The molecule has 226 valence electrons. The molecule has 7 nitrogen and oxygen atoms in total. The highest BCUT2D eigenvalue weighted by Crippen LogP contribution is 2.42. The summed E-state index contributed by atoms with van der Waals surface area (Å²) in [7, 11) is 0. The molecule has 0 saturated carbocycles. The lowest BCUT2D eigenvalue weighted by Gasteiger charge is -2.45. The maximum absolute atomic E-state index is 13.3. The van der Waals surface area contributed by atoms with Gasteiger partial charge in [0, 0.05) is 37.2 Å². The number of likely N-dealkylation sites (tertiary alicyclic amines) is 2. The van der Waals surface area contributed by atoms with Crippen molar-refractivity contribution in [2.24, 2.45) is 0 Å². The number of amides is 1. The monoisotopic (exact) mass is 594 g/mol. The van der Waals surface area contributed by atoms with E-state index in [2.05, 4.69) is 4.74 Å². The van der Waals surface area contributed by atoms with Crippen LogP contribution in [0.2, 0.25) is 0 Å². The van der Waals surface area contributed by atoms with Crippen LogP contribution in [0.4, 0.5) is 44.3 Å². The van der Waals surface area contributed by atoms with Crippen LogP contribution in [0.3, 0.4) is 0 Å². The third-order valence-corrected chi connectivity index (χ3v) is 7.05. The SMILES string of the molecule is O=C(O)CCCOc1cc(C(F)(F)F)ccc1CN1CCCC12CCN(C(=O)OC(C(F)(F)F)C(F)(F)F)CC2. The molecule has 0 aliphatic carbocycles. The van der Waals surface area contributed by atoms with Crippen molar-refractivity contribution in [2.75, 3.05) is 26.2 Å². The second kappa shape index (κ2) is 11.9. The number of carbonyl (C=O) groups is 2. The van der Waals surface area contributed by atoms with Gasteiger partial charge in [-0.2, -0.15) is 39.5 Å². The van der Waals surface area contributed by atoms with Gasteiger partial charge in [0.15, 0.2) is 0 Å². The van der Waals surface area contributed by atoms with Gasteiger partial charge in [-0.25, -0.2) is 4.79 Å². The van der Waals surface area contributed by atoms with Crippen molar-refractivity contribution in [1.82, 2.24) is 9.80 Å². The summed E-state index contributed by atoms with van der Waals surface area (Å²) >= 11 is 0. The zero-order chi connectivity index (χ0) is 29.9. The van der Waals surface area contributed by atoms with Gasteiger partial charge in [0.25, 0.3) is 6.10 Å². The van der Waals surface area contributed by atoms with E-state index in [9.17, 15) is 49.1 Å². The number of aliphatic carboxylic acids is 1. The molecule has 1 amide bonds. The molecule has 0 unspecified atom stereocenters. The van der Waals surface area contributed by atoms with Crippen LogP contribution in [0.5, 0.6) is 5.75 Å². The smallest absolute Gasteiger partial charge is 0.434 e. The van der Waals surface area contributed by atoms with Gasteiger partial charge in [0.1, 0.15) is 5.75 Å². The average Bonchev–Trinajstić information content (AvgIpc) is 3.20. The maximum Gasteiger partial charge on any atom is 0.434 e. The van der Waals surface area contributed by atoms with Crippen molar-refractivity contribution in [3.05, 3.63) is 29.3 Å². The zero-order valence-electron chi connectivity index (χ0n) is 21.0. The van der Waals surface area contributed by atoms with Gasteiger partial charge in [-0.05, 0) is 50.8 Å². The Morgan fingerprint density at radius 3 is 2.12 bits per heavy atom. The Labute approximate surface area is 222 Å². The third kappa shape index (κ3) is 7.85. The molecule has 3 rings (SSSR count). The van der Waals surface area contributed by atoms with Gasteiger partial charge in [0.2, 0.25) is 0 Å². The minimum atomic E-state index is -5.83. The Balaban J connectivity index is 1.70. The lowest BCUT2D eigenvalue weighted by molar-refractivity contribution is -0.308. The Morgan fingerprint density at radius 2 is 1.57 bits per heavy atom. The summed E-state index contributed by atoms with van der Waals surface area (Å²) < 4.78 is 126. The van der Waals surface area contributed by atoms with Crippen LogP contribution < -0.4 is 4.74 Å². The first-order valence-electron chi connectivity index (χ1n) is 12.3. The van der Waals surface area contributed by atoms with E-state index in [-0.39, 0.29) is 57.7 Å². The Morgan fingerprint density at radius 1 is 0.950 bits per heavy atom. The van der Waals surface area contributed by atoms with Gasteiger partial charge in [-0.3, -0.25) is 9.69 Å². The van der Waals surface area contributed by atoms with Gasteiger partial charge in [-0.15, -0.1) is 0 Å². The second-order valence-corrected chi connectivity index (χ2v) is 9.75. The van der Waals surface area contributed by atoms with Gasteiger partial charge >= 0.3 is 30.6 Å². The van der Waals surface area contributed by atoms with Gasteiger partial charge < -0.3 is 19.5 Å². The number of carboxylic acids is 1. The first kappa shape index (κ1) is 31.6. The Bertz CT molecular complexity index is 1040. The number of piperidine rings is 1. The molecule has 2 fully saturated rings. The molecule has 40 heavy (non-hydrogen) atoms. The van der Waals surface area contributed by atoms with E-state index in [0.717, 1.165) is 17.0 Å². The van der Waals surface area contributed by atoms with E-state index in [1.165, 1.54) is 6.07 Å². The molecule has 1 spiro atoms. The summed E-state index contributed by atoms with van der Waals surface area (Å²) in [6.07, 6.45) is -20.8. The number of hydrogen-bond acceptors (Lipinski definition) is 5. The largest absolute Gasteiger partial charge is 0.493 e. The average molecular weight is 594 g/mol. The summed E-state index contributed by atoms with van der Waals surface area (Å²) in [4.78, 5) is 25.6. The molecule has 0 aromatic heterocycles. The lowest BCUT2D eigenvalue weighted by Crippen LogP contribution is -2.54. The van der Waals surface area contributed by atoms with Crippen LogP contribution in [0.1, 0.15) is 49.7 Å². The number of benzene rings is 1. The summed E-state index contributed by atoms with van der Waals surface area (Å²) in [6, 6.07) is 2.97. The van der Waals surface area contributed by atoms with Crippen LogP contribution in [-0.2, 0) is 22.3 Å². The number of alkyl halides is 9. The first-order chi connectivity index (χ1) is 18.4. The van der Waals surface area contributed by atoms with Crippen LogP contribution in [0.15, 0.2) is 18.2 Å². The number of ether oxygens (including phenoxy) is 2. The summed E-state index contributed by atoms with van der Waals surface area (Å²) in [5, 5.41) is 8.77. The number of carbonyl (C=O) groups excluding carboxylic acids is 1. The number of carboxylic acid groups (broad SMARTS) is 1. The van der Waals surface area contributed by atoms with Crippen molar-refractivity contribution in [3.63, 3.8) is 0 Å². The van der Waals surface area contributed by atoms with E-state index in [1.54, 1.807) is 0 Å².